The van der Waals surface area contributed by atoms with Gasteiger partial charge in [0.2, 0.25) is 0 Å². The van der Waals surface area contributed by atoms with Gasteiger partial charge in [-0.3, -0.25) is 0 Å². The maximum absolute atomic E-state index is 6.15. The van der Waals surface area contributed by atoms with Gasteiger partial charge >= 0.3 is 0 Å². The molecular weight excluding hydrogens is 212 g/mol. The summed E-state index contributed by atoms with van der Waals surface area (Å²) in [6, 6.07) is 6.10. The molecule has 0 amide bonds. The van der Waals surface area contributed by atoms with Crippen molar-refractivity contribution < 1.29 is 9.47 Å². The largest absolute Gasteiger partial charge is 0.359 e. The van der Waals surface area contributed by atoms with Crippen LogP contribution in [0.4, 0.5) is 0 Å². The number of benzene rings is 1. The zero-order chi connectivity index (χ0) is 10.7. The lowest BCUT2D eigenvalue weighted by molar-refractivity contribution is -0.0750. The zero-order valence-corrected chi connectivity index (χ0v) is 9.59. The average molecular weight is 227 g/mol. The number of fused-ring (bicyclic) bond motifs is 1. The van der Waals surface area contributed by atoms with Crippen LogP contribution in [0.2, 0.25) is 5.02 Å². The SMILES string of the molecule is COCO[C@H]1CCc2cccc(Cl)c2C1. The number of rotatable bonds is 3. The molecule has 1 atom stereocenters. The summed E-state index contributed by atoms with van der Waals surface area (Å²) in [4.78, 5) is 0. The molecule has 0 aliphatic heterocycles. The molecule has 0 bridgehead atoms. The summed E-state index contributed by atoms with van der Waals surface area (Å²) in [5.74, 6) is 0. The van der Waals surface area contributed by atoms with E-state index in [4.69, 9.17) is 21.1 Å². The standard InChI is InChI=1S/C12H15ClO2/c1-14-8-15-10-6-5-9-3-2-4-12(13)11(9)7-10/h2-4,10H,5-8H2,1H3/t10-/m0/s1. The molecule has 0 saturated heterocycles. The molecule has 82 valence electrons. The summed E-state index contributed by atoms with van der Waals surface area (Å²) in [6.45, 7) is 0.366. The fourth-order valence-corrected chi connectivity index (χ4v) is 2.29. The first-order chi connectivity index (χ1) is 7.31. The van der Waals surface area contributed by atoms with Crippen molar-refractivity contribution in [1.29, 1.82) is 0 Å². The van der Waals surface area contributed by atoms with Crippen molar-refractivity contribution in [3.63, 3.8) is 0 Å². The molecule has 1 aromatic rings. The van der Waals surface area contributed by atoms with Crippen molar-refractivity contribution in [1.82, 2.24) is 0 Å². The van der Waals surface area contributed by atoms with E-state index in [0.29, 0.717) is 6.79 Å². The molecule has 0 aromatic heterocycles. The lowest BCUT2D eigenvalue weighted by Crippen LogP contribution is -2.23. The van der Waals surface area contributed by atoms with Crippen LogP contribution in [0.1, 0.15) is 17.5 Å². The molecule has 0 heterocycles. The van der Waals surface area contributed by atoms with Crippen LogP contribution in [0.15, 0.2) is 18.2 Å². The smallest absolute Gasteiger partial charge is 0.146 e. The van der Waals surface area contributed by atoms with Gasteiger partial charge in [-0.2, -0.15) is 0 Å². The van der Waals surface area contributed by atoms with Crippen LogP contribution in [0.3, 0.4) is 0 Å². The van der Waals surface area contributed by atoms with E-state index in [2.05, 4.69) is 6.07 Å². The van der Waals surface area contributed by atoms with Crippen molar-refractivity contribution in [3.05, 3.63) is 34.3 Å². The molecule has 0 unspecified atom stereocenters. The summed E-state index contributed by atoms with van der Waals surface area (Å²) in [7, 11) is 1.64. The first-order valence-electron chi connectivity index (χ1n) is 5.18. The van der Waals surface area contributed by atoms with E-state index in [9.17, 15) is 0 Å². The highest BCUT2D eigenvalue weighted by Gasteiger charge is 2.20. The van der Waals surface area contributed by atoms with Crippen molar-refractivity contribution in [3.8, 4) is 0 Å². The van der Waals surface area contributed by atoms with E-state index in [1.807, 2.05) is 12.1 Å². The second-order valence-corrected chi connectivity index (χ2v) is 4.22. The van der Waals surface area contributed by atoms with Gasteiger partial charge in [0.25, 0.3) is 0 Å². The van der Waals surface area contributed by atoms with Gasteiger partial charge in [0, 0.05) is 18.6 Å². The van der Waals surface area contributed by atoms with Crippen LogP contribution in [0.5, 0.6) is 0 Å². The van der Waals surface area contributed by atoms with Crippen molar-refractivity contribution in [2.45, 2.75) is 25.4 Å². The van der Waals surface area contributed by atoms with Crippen LogP contribution in [0, 0.1) is 0 Å². The maximum Gasteiger partial charge on any atom is 0.146 e. The minimum atomic E-state index is 0.248. The van der Waals surface area contributed by atoms with E-state index < -0.39 is 0 Å². The average Bonchev–Trinajstić information content (AvgIpc) is 2.27. The predicted molar refractivity (Wildman–Crippen MR) is 60.2 cm³/mol. The Morgan fingerprint density at radius 1 is 1.47 bits per heavy atom. The van der Waals surface area contributed by atoms with Crippen LogP contribution in [0.25, 0.3) is 0 Å². The van der Waals surface area contributed by atoms with Gasteiger partial charge in [-0.05, 0) is 30.0 Å². The van der Waals surface area contributed by atoms with E-state index >= 15 is 0 Å². The van der Waals surface area contributed by atoms with Gasteiger partial charge in [0.1, 0.15) is 6.79 Å². The number of hydrogen-bond donors (Lipinski definition) is 0. The summed E-state index contributed by atoms with van der Waals surface area (Å²) in [6.07, 6.45) is 3.25. The molecule has 0 fully saturated rings. The number of methoxy groups -OCH3 is 1. The number of halogens is 1. The quantitative estimate of drug-likeness (QED) is 0.738. The van der Waals surface area contributed by atoms with Gasteiger partial charge in [-0.1, -0.05) is 23.7 Å². The fraction of sp³-hybridized carbons (Fsp3) is 0.500. The molecule has 0 N–H and O–H groups in total. The normalized spacial score (nSPS) is 20.0. The molecular formula is C12H15ClO2. The molecule has 2 rings (SSSR count). The topological polar surface area (TPSA) is 18.5 Å². The number of ether oxygens (including phenoxy) is 2. The third-order valence-corrected chi connectivity index (χ3v) is 3.16. The predicted octanol–water partition coefficient (Wildman–Crippen LogP) is 2.82. The molecule has 0 radical (unpaired) electrons. The van der Waals surface area contributed by atoms with E-state index in [1.165, 1.54) is 11.1 Å². The Bertz CT molecular complexity index is 338. The van der Waals surface area contributed by atoms with Crippen molar-refractivity contribution >= 4 is 11.6 Å². The monoisotopic (exact) mass is 226 g/mol. The second-order valence-electron chi connectivity index (χ2n) is 3.82. The fourth-order valence-electron chi connectivity index (χ4n) is 2.02. The molecule has 3 heteroatoms. The molecule has 15 heavy (non-hydrogen) atoms. The Morgan fingerprint density at radius 2 is 2.33 bits per heavy atom. The van der Waals surface area contributed by atoms with Gasteiger partial charge in [0.05, 0.1) is 6.10 Å². The van der Waals surface area contributed by atoms with Crippen molar-refractivity contribution in [2.24, 2.45) is 0 Å². The highest BCUT2D eigenvalue weighted by Crippen LogP contribution is 2.28. The first kappa shape index (κ1) is 10.9. The Morgan fingerprint density at radius 3 is 3.13 bits per heavy atom. The van der Waals surface area contributed by atoms with Crippen molar-refractivity contribution in [2.75, 3.05) is 13.9 Å². The zero-order valence-electron chi connectivity index (χ0n) is 8.83. The van der Waals surface area contributed by atoms with E-state index in [-0.39, 0.29) is 6.10 Å². The number of hydrogen-bond acceptors (Lipinski definition) is 2. The highest BCUT2D eigenvalue weighted by molar-refractivity contribution is 6.31. The van der Waals surface area contributed by atoms with Gasteiger partial charge in [-0.25, -0.2) is 0 Å². The minimum Gasteiger partial charge on any atom is -0.359 e. The van der Waals surface area contributed by atoms with Crippen LogP contribution in [-0.4, -0.2) is 20.0 Å². The van der Waals surface area contributed by atoms with Crippen LogP contribution >= 0.6 is 11.6 Å². The molecule has 2 nitrogen and oxygen atoms in total. The Kier molecular flexibility index (Phi) is 3.62. The Balaban J connectivity index is 2.08. The summed E-state index contributed by atoms with van der Waals surface area (Å²) < 4.78 is 10.5. The van der Waals surface area contributed by atoms with Crippen LogP contribution < -0.4 is 0 Å². The van der Waals surface area contributed by atoms with E-state index in [1.54, 1.807) is 7.11 Å². The Hall–Kier alpha value is -0.570. The molecule has 1 aliphatic rings. The highest BCUT2D eigenvalue weighted by atomic mass is 35.5. The first-order valence-corrected chi connectivity index (χ1v) is 5.56. The molecule has 0 spiro atoms. The van der Waals surface area contributed by atoms with Crippen LogP contribution in [-0.2, 0) is 22.3 Å². The Labute approximate surface area is 95.1 Å². The van der Waals surface area contributed by atoms with Gasteiger partial charge in [0.15, 0.2) is 0 Å². The molecule has 1 aliphatic carbocycles. The van der Waals surface area contributed by atoms with Gasteiger partial charge in [-0.15, -0.1) is 0 Å². The summed E-state index contributed by atoms with van der Waals surface area (Å²) in [5.41, 5.74) is 2.60. The lowest BCUT2D eigenvalue weighted by atomic mass is 9.90. The number of aryl methyl sites for hydroxylation is 1. The maximum atomic E-state index is 6.15. The molecule has 1 aromatic carbocycles. The van der Waals surface area contributed by atoms with Gasteiger partial charge < -0.3 is 9.47 Å². The second kappa shape index (κ2) is 4.97. The molecule has 0 saturated carbocycles. The third-order valence-electron chi connectivity index (χ3n) is 2.80. The third kappa shape index (κ3) is 2.51. The summed E-state index contributed by atoms with van der Waals surface area (Å²) in [5, 5.41) is 0.859. The minimum absolute atomic E-state index is 0.248. The lowest BCUT2D eigenvalue weighted by Gasteiger charge is -2.25. The summed E-state index contributed by atoms with van der Waals surface area (Å²) >= 11 is 6.15. The van der Waals surface area contributed by atoms with E-state index in [0.717, 1.165) is 24.3 Å².